The van der Waals surface area contributed by atoms with Crippen LogP contribution in [0, 0.1) is 17.2 Å². The van der Waals surface area contributed by atoms with Gasteiger partial charge >= 0.3 is 0 Å². The van der Waals surface area contributed by atoms with Crippen molar-refractivity contribution in [3.8, 4) is 22.9 Å². The van der Waals surface area contributed by atoms with Crippen LogP contribution in [0.1, 0.15) is 43.7 Å². The maximum absolute atomic E-state index is 14.4. The minimum Gasteiger partial charge on any atom is -0.299 e. The number of nitriles is 1. The van der Waals surface area contributed by atoms with E-state index in [0.29, 0.717) is 16.8 Å². The lowest BCUT2D eigenvalue weighted by Crippen LogP contribution is -2.36. The molecule has 182 valence electrons. The first kappa shape index (κ1) is 24.7. The summed E-state index contributed by atoms with van der Waals surface area (Å²) in [7, 11) is -3.39. The van der Waals surface area contributed by atoms with Crippen molar-refractivity contribution < 1.29 is 22.0 Å². The number of sulfone groups is 1. The SMILES string of the molecule is CS(=O)(=O)c1ccc(-c2cn(-c3ccccc3)nc2C2CCC(F)(F)CC2C(=O)CCC#N)cc1. The molecule has 1 heterocycles. The van der Waals surface area contributed by atoms with E-state index in [0.717, 1.165) is 11.9 Å². The van der Waals surface area contributed by atoms with Gasteiger partial charge in [0.2, 0.25) is 5.92 Å². The number of nitrogens with zero attached hydrogens (tertiary/aromatic N) is 3. The quantitative estimate of drug-likeness (QED) is 0.440. The molecule has 2 aromatic carbocycles. The fourth-order valence-electron chi connectivity index (χ4n) is 4.64. The van der Waals surface area contributed by atoms with Gasteiger partial charge in [0.15, 0.2) is 9.84 Å². The average Bonchev–Trinajstić information content (AvgIpc) is 3.27. The third-order valence-corrected chi connectivity index (χ3v) is 7.56. The summed E-state index contributed by atoms with van der Waals surface area (Å²) in [6.07, 6.45) is 1.95. The topological polar surface area (TPSA) is 92.8 Å². The maximum atomic E-state index is 14.4. The lowest BCUT2D eigenvalue weighted by molar-refractivity contribution is -0.131. The monoisotopic (exact) mass is 497 g/mol. The van der Waals surface area contributed by atoms with Gasteiger partial charge in [-0.1, -0.05) is 30.3 Å². The van der Waals surface area contributed by atoms with E-state index in [1.807, 2.05) is 36.4 Å². The number of halogens is 2. The van der Waals surface area contributed by atoms with E-state index in [4.69, 9.17) is 10.4 Å². The molecule has 1 aliphatic carbocycles. The van der Waals surface area contributed by atoms with Crippen LogP contribution in [-0.2, 0) is 14.6 Å². The van der Waals surface area contributed by atoms with Gasteiger partial charge in [0.05, 0.1) is 22.3 Å². The van der Waals surface area contributed by atoms with Crippen LogP contribution >= 0.6 is 0 Å². The van der Waals surface area contributed by atoms with Crippen LogP contribution in [-0.4, -0.2) is 36.2 Å². The molecule has 0 spiro atoms. The fraction of sp³-hybridized carbons (Fsp3) is 0.346. The van der Waals surface area contributed by atoms with Crippen LogP contribution in [0.3, 0.4) is 0 Å². The van der Waals surface area contributed by atoms with Crippen molar-refractivity contribution in [3.63, 3.8) is 0 Å². The summed E-state index contributed by atoms with van der Waals surface area (Å²) in [6, 6.07) is 17.5. The number of para-hydroxylation sites is 1. The highest BCUT2D eigenvalue weighted by atomic mass is 32.2. The second-order valence-electron chi connectivity index (χ2n) is 8.94. The summed E-state index contributed by atoms with van der Waals surface area (Å²) in [4.78, 5) is 13.1. The first-order chi connectivity index (χ1) is 16.6. The van der Waals surface area contributed by atoms with Crippen molar-refractivity contribution in [3.05, 3.63) is 66.5 Å². The lowest BCUT2D eigenvalue weighted by Gasteiger charge is -2.34. The number of rotatable bonds is 7. The van der Waals surface area contributed by atoms with Gasteiger partial charge < -0.3 is 0 Å². The Morgan fingerprint density at radius 1 is 1.17 bits per heavy atom. The fourth-order valence-corrected chi connectivity index (χ4v) is 5.27. The Bertz CT molecular complexity index is 1360. The molecule has 0 saturated heterocycles. The highest BCUT2D eigenvalue weighted by Crippen LogP contribution is 2.47. The van der Waals surface area contributed by atoms with Crippen molar-refractivity contribution in [1.82, 2.24) is 9.78 Å². The third kappa shape index (κ3) is 5.49. The molecule has 0 N–H and O–H groups in total. The van der Waals surface area contributed by atoms with Crippen molar-refractivity contribution in [2.45, 2.75) is 48.8 Å². The number of carbonyl (C=O) groups is 1. The number of aromatic nitrogens is 2. The Morgan fingerprint density at radius 3 is 2.49 bits per heavy atom. The number of ketones is 1. The maximum Gasteiger partial charge on any atom is 0.248 e. The summed E-state index contributed by atoms with van der Waals surface area (Å²) >= 11 is 0. The molecular weight excluding hydrogens is 472 g/mol. The van der Waals surface area contributed by atoms with E-state index in [1.165, 1.54) is 12.1 Å². The second-order valence-corrected chi connectivity index (χ2v) is 11.0. The van der Waals surface area contributed by atoms with Gasteiger partial charge in [0.1, 0.15) is 5.78 Å². The third-order valence-electron chi connectivity index (χ3n) is 6.43. The molecule has 3 aromatic rings. The summed E-state index contributed by atoms with van der Waals surface area (Å²) in [5, 5.41) is 13.6. The molecule has 6 nitrogen and oxygen atoms in total. The Kier molecular flexibility index (Phi) is 6.86. The summed E-state index contributed by atoms with van der Waals surface area (Å²) in [5.74, 6) is -4.82. The standard InChI is InChI=1S/C26H25F2N3O3S/c1-35(33,34)20-11-9-18(10-12-20)23-17-31(19-6-3-2-4-7-19)30-25(23)21-13-14-26(27,28)16-22(21)24(32)8-5-15-29/h2-4,6-7,9-12,17,21-22H,5,8,13-14,16H2,1H3. The highest BCUT2D eigenvalue weighted by molar-refractivity contribution is 7.90. The van der Waals surface area contributed by atoms with Crippen LogP contribution in [0.5, 0.6) is 0 Å². The van der Waals surface area contributed by atoms with Gasteiger partial charge in [0, 0.05) is 55.5 Å². The average molecular weight is 498 g/mol. The lowest BCUT2D eigenvalue weighted by atomic mass is 9.72. The van der Waals surface area contributed by atoms with Crippen LogP contribution in [0.15, 0.2) is 65.7 Å². The largest absolute Gasteiger partial charge is 0.299 e. The molecule has 1 fully saturated rings. The number of Topliss-reactive ketones (excluding diaryl/α,β-unsaturated/α-hetero) is 1. The Labute approximate surface area is 203 Å². The second kappa shape index (κ2) is 9.70. The molecule has 1 aromatic heterocycles. The van der Waals surface area contributed by atoms with Crippen molar-refractivity contribution in [1.29, 1.82) is 5.26 Å². The van der Waals surface area contributed by atoms with Gasteiger partial charge in [-0.25, -0.2) is 21.9 Å². The summed E-state index contributed by atoms with van der Waals surface area (Å²) in [5.41, 5.74) is 2.62. The van der Waals surface area contributed by atoms with E-state index in [1.54, 1.807) is 23.0 Å². The van der Waals surface area contributed by atoms with E-state index >= 15 is 0 Å². The zero-order valence-electron chi connectivity index (χ0n) is 19.2. The predicted molar refractivity (Wildman–Crippen MR) is 127 cm³/mol. The molecule has 0 radical (unpaired) electrons. The molecule has 2 unspecified atom stereocenters. The van der Waals surface area contributed by atoms with Gasteiger partial charge in [-0.15, -0.1) is 0 Å². The number of benzene rings is 2. The predicted octanol–water partition coefficient (Wildman–Crippen LogP) is 5.33. The summed E-state index contributed by atoms with van der Waals surface area (Å²) in [6.45, 7) is 0. The molecule has 9 heteroatoms. The molecule has 4 rings (SSSR count). The van der Waals surface area contributed by atoms with Gasteiger partial charge in [0.25, 0.3) is 0 Å². The molecule has 2 atom stereocenters. The Hall–Kier alpha value is -3.38. The molecular formula is C26H25F2N3O3S. The Balaban J connectivity index is 1.82. The zero-order valence-corrected chi connectivity index (χ0v) is 20.0. The molecule has 0 aliphatic heterocycles. The molecule has 35 heavy (non-hydrogen) atoms. The first-order valence-electron chi connectivity index (χ1n) is 11.3. The van der Waals surface area contributed by atoms with Gasteiger partial charge in [-0.3, -0.25) is 4.79 Å². The van der Waals surface area contributed by atoms with E-state index in [2.05, 4.69) is 0 Å². The highest BCUT2D eigenvalue weighted by Gasteiger charge is 2.46. The summed E-state index contributed by atoms with van der Waals surface area (Å²) < 4.78 is 54.2. The minimum atomic E-state index is -3.39. The normalized spacial score (nSPS) is 19.7. The number of carbonyl (C=O) groups excluding carboxylic acids is 1. The molecule has 1 aliphatic rings. The number of hydrogen-bond donors (Lipinski definition) is 0. The zero-order chi connectivity index (χ0) is 25.2. The molecule has 1 saturated carbocycles. The minimum absolute atomic E-state index is 0.0219. The van der Waals surface area contributed by atoms with Crippen molar-refractivity contribution in [2.24, 2.45) is 5.92 Å². The molecule has 0 amide bonds. The Morgan fingerprint density at radius 2 is 1.86 bits per heavy atom. The van der Waals surface area contributed by atoms with Crippen molar-refractivity contribution in [2.75, 3.05) is 6.26 Å². The van der Waals surface area contributed by atoms with Crippen LogP contribution in [0.2, 0.25) is 0 Å². The van der Waals surface area contributed by atoms with Crippen molar-refractivity contribution >= 4 is 15.6 Å². The van der Waals surface area contributed by atoms with E-state index in [9.17, 15) is 22.0 Å². The van der Waals surface area contributed by atoms with E-state index < -0.39 is 34.0 Å². The van der Waals surface area contributed by atoms with Gasteiger partial charge in [-0.2, -0.15) is 10.4 Å². The van der Waals surface area contributed by atoms with Gasteiger partial charge in [-0.05, 0) is 36.2 Å². The molecule has 0 bridgehead atoms. The smallest absolute Gasteiger partial charge is 0.248 e. The first-order valence-corrected chi connectivity index (χ1v) is 13.2. The van der Waals surface area contributed by atoms with Crippen LogP contribution in [0.4, 0.5) is 8.78 Å². The number of alkyl halides is 2. The van der Waals surface area contributed by atoms with Crippen LogP contribution in [0.25, 0.3) is 16.8 Å². The number of hydrogen-bond acceptors (Lipinski definition) is 5. The van der Waals surface area contributed by atoms with Crippen LogP contribution < -0.4 is 0 Å². The van der Waals surface area contributed by atoms with E-state index in [-0.39, 0.29) is 36.4 Å².